The van der Waals surface area contributed by atoms with Gasteiger partial charge in [0.25, 0.3) is 0 Å². The lowest BCUT2D eigenvalue weighted by atomic mass is 9.86. The molecule has 0 bridgehead atoms. The maximum absolute atomic E-state index is 12.7. The van der Waals surface area contributed by atoms with E-state index in [0.717, 1.165) is 23.5 Å². The molecule has 1 aliphatic heterocycles. The summed E-state index contributed by atoms with van der Waals surface area (Å²) in [5.41, 5.74) is 5.53. The Morgan fingerprint density at radius 3 is 2.78 bits per heavy atom. The Morgan fingerprint density at radius 1 is 1.56 bits per heavy atom. The molecule has 0 aliphatic carbocycles. The topological polar surface area (TPSA) is 152 Å². The second-order valence-corrected chi connectivity index (χ2v) is 9.17. The van der Waals surface area contributed by atoms with E-state index in [4.69, 9.17) is 10.6 Å². The monoisotopic (exact) mass is 436 g/mol. The Hall–Kier alpha value is -1.70. The van der Waals surface area contributed by atoms with Crippen LogP contribution in [0.25, 0.3) is 0 Å². The molecule has 1 aliphatic rings. The Kier molecular flexibility index (Phi) is 7.19. The molecule has 13 heteroatoms. The zero-order valence-corrected chi connectivity index (χ0v) is 17.1. The lowest BCUT2D eigenvalue weighted by Crippen LogP contribution is -2.64. The van der Waals surface area contributed by atoms with E-state index in [0.29, 0.717) is 14.9 Å². The summed E-state index contributed by atoms with van der Waals surface area (Å²) >= 11 is 2.49. The van der Waals surface area contributed by atoms with Crippen molar-refractivity contribution in [1.29, 1.82) is 0 Å². The third-order valence-corrected chi connectivity index (χ3v) is 6.85. The number of anilines is 1. The zero-order chi connectivity index (χ0) is 20.2. The molecule has 2 atom stereocenters. The Bertz CT molecular complexity index is 838. The number of nitrogen functional groups attached to an aromatic ring is 1. The molecule has 2 heterocycles. The Morgan fingerprint density at radius 2 is 2.26 bits per heavy atom. The van der Waals surface area contributed by atoms with Crippen LogP contribution in [-0.2, 0) is 24.7 Å². The number of nitrogens with zero attached hydrogens (tertiary/aromatic N) is 3. The maximum atomic E-state index is 12.7. The normalized spacial score (nSPS) is 20.5. The van der Waals surface area contributed by atoms with Gasteiger partial charge in [-0.3, -0.25) is 14.1 Å². The van der Waals surface area contributed by atoms with Gasteiger partial charge in [0, 0.05) is 18.4 Å². The number of nitrogens with two attached hydrogens (primary N) is 1. The van der Waals surface area contributed by atoms with Crippen molar-refractivity contribution in [2.24, 2.45) is 11.1 Å². The van der Waals surface area contributed by atoms with Crippen molar-refractivity contribution in [3.63, 3.8) is 0 Å². The van der Waals surface area contributed by atoms with Gasteiger partial charge in [0.15, 0.2) is 16.6 Å². The largest absolute Gasteiger partial charge is 0.399 e. The maximum Gasteiger partial charge on any atom is 0.362 e. The molecular weight excluding hydrogens is 416 g/mol. The molecule has 0 saturated carbocycles. The first kappa shape index (κ1) is 21.6. The molecule has 1 aromatic rings. The number of amides is 1. The number of thiazole rings is 1. The van der Waals surface area contributed by atoms with Crippen molar-refractivity contribution >= 4 is 55.9 Å². The van der Waals surface area contributed by atoms with E-state index >= 15 is 0 Å². The van der Waals surface area contributed by atoms with Gasteiger partial charge in [-0.15, -0.1) is 0 Å². The fourth-order valence-electron chi connectivity index (χ4n) is 2.63. The second-order valence-electron chi connectivity index (χ2n) is 5.67. The van der Waals surface area contributed by atoms with Crippen LogP contribution in [0, 0.1) is 5.92 Å². The van der Waals surface area contributed by atoms with Crippen LogP contribution in [0.1, 0.15) is 24.6 Å². The van der Waals surface area contributed by atoms with Gasteiger partial charge in [-0.25, -0.2) is 9.29 Å². The van der Waals surface area contributed by atoms with Gasteiger partial charge in [-0.1, -0.05) is 23.4 Å². The smallest absolute Gasteiger partial charge is 0.362 e. The number of aromatic nitrogens is 1. The average molecular weight is 437 g/mol. The minimum Gasteiger partial charge on any atom is -0.399 e. The molecule has 1 unspecified atom stereocenters. The summed E-state index contributed by atoms with van der Waals surface area (Å²) < 4.78 is 32.6. The molecule has 1 aromatic heterocycles. The van der Waals surface area contributed by atoms with Crippen molar-refractivity contribution < 1.29 is 27.4 Å². The molecule has 2 rings (SSSR count). The summed E-state index contributed by atoms with van der Waals surface area (Å²) in [6, 6.07) is -0.789. The number of thioether (sulfide) groups is 1. The number of carbonyl (C=O) groups excluding carboxylic acids is 2. The van der Waals surface area contributed by atoms with Gasteiger partial charge in [0.1, 0.15) is 7.11 Å². The highest BCUT2D eigenvalue weighted by atomic mass is 32.2. The number of hydrogen-bond donors (Lipinski definition) is 2. The molecular formula is C14H20N4O6S3. The summed E-state index contributed by atoms with van der Waals surface area (Å²) in [4.78, 5) is 33.8. The Balaban J connectivity index is 2.18. The van der Waals surface area contributed by atoms with Crippen molar-refractivity contribution in [3.05, 3.63) is 11.1 Å². The van der Waals surface area contributed by atoms with E-state index in [-0.39, 0.29) is 17.3 Å². The predicted molar refractivity (Wildman–Crippen MR) is 103 cm³/mol. The van der Waals surface area contributed by atoms with Gasteiger partial charge in [0.05, 0.1) is 16.8 Å². The fourth-order valence-corrected chi connectivity index (χ4v) is 5.41. The molecule has 0 spiro atoms. The van der Waals surface area contributed by atoms with Crippen LogP contribution in [0.15, 0.2) is 11.4 Å². The van der Waals surface area contributed by atoms with E-state index < -0.39 is 34.0 Å². The molecule has 0 radical (unpaired) electrons. The van der Waals surface area contributed by atoms with E-state index in [2.05, 4.69) is 10.1 Å². The third kappa shape index (κ3) is 4.97. The summed E-state index contributed by atoms with van der Waals surface area (Å²) in [7, 11) is -3.40. The van der Waals surface area contributed by atoms with Crippen molar-refractivity contribution in [3.8, 4) is 0 Å². The molecule has 1 fully saturated rings. The van der Waals surface area contributed by atoms with Crippen LogP contribution in [0.4, 0.5) is 5.13 Å². The first-order valence-corrected chi connectivity index (χ1v) is 11.3. The van der Waals surface area contributed by atoms with Crippen molar-refractivity contribution in [1.82, 2.24) is 9.29 Å². The van der Waals surface area contributed by atoms with E-state index in [1.165, 1.54) is 25.1 Å². The van der Waals surface area contributed by atoms with Crippen molar-refractivity contribution in [2.45, 2.75) is 25.8 Å². The molecule has 3 N–H and O–H groups in total. The molecule has 27 heavy (non-hydrogen) atoms. The molecule has 10 nitrogen and oxygen atoms in total. The van der Waals surface area contributed by atoms with Gasteiger partial charge in [0.2, 0.25) is 5.91 Å². The standard InChI is InChI=1S/C14H20N4O6S3/c1-3-4-25-7-9-8(13(20)18(9)27(21,22)23)5-10(19)12(17-24-2)11-6-16-14(15)26-11/h6,8-9H,3-5,7H2,1-2H3,(H2,15,16)(H,21,22,23)/b17-12+/t8?,9-/m0/s1. The highest BCUT2D eigenvalue weighted by molar-refractivity contribution is 7.99. The highest BCUT2D eigenvalue weighted by Crippen LogP contribution is 2.35. The van der Waals surface area contributed by atoms with Gasteiger partial charge < -0.3 is 10.6 Å². The zero-order valence-electron chi connectivity index (χ0n) is 14.7. The van der Waals surface area contributed by atoms with Crippen molar-refractivity contribution in [2.75, 3.05) is 24.3 Å². The van der Waals surface area contributed by atoms with Crippen LogP contribution < -0.4 is 5.73 Å². The number of Topliss-reactive ketones (excluding diaryl/α,β-unsaturated/α-hetero) is 1. The lowest BCUT2D eigenvalue weighted by Gasteiger charge is -2.43. The summed E-state index contributed by atoms with van der Waals surface area (Å²) in [5, 5.41) is 3.94. The molecule has 150 valence electrons. The minimum absolute atomic E-state index is 0.0373. The number of hydrogen-bond acceptors (Lipinski definition) is 10. The van der Waals surface area contributed by atoms with Crippen LogP contribution in [0.3, 0.4) is 0 Å². The fraction of sp³-hybridized carbons (Fsp3) is 0.571. The minimum atomic E-state index is -4.67. The highest BCUT2D eigenvalue weighted by Gasteiger charge is 2.53. The second kappa shape index (κ2) is 8.99. The first-order chi connectivity index (χ1) is 12.7. The number of ketones is 1. The quantitative estimate of drug-likeness (QED) is 0.178. The third-order valence-electron chi connectivity index (χ3n) is 3.79. The molecule has 1 amide bonds. The van der Waals surface area contributed by atoms with Crippen LogP contribution in [0.5, 0.6) is 0 Å². The van der Waals surface area contributed by atoms with E-state index in [9.17, 15) is 22.6 Å². The Labute approximate surface area is 165 Å². The number of oxime groups is 1. The SMILES string of the molecule is CCCSC[C@H]1C(CC(=O)/C(=N\OC)c2cnc(N)s2)C(=O)N1S(=O)(=O)O. The average Bonchev–Trinajstić information content (AvgIpc) is 3.01. The van der Waals surface area contributed by atoms with Gasteiger partial charge in [-0.2, -0.15) is 20.2 Å². The van der Waals surface area contributed by atoms with Crippen LogP contribution in [-0.4, -0.2) is 64.3 Å². The first-order valence-electron chi connectivity index (χ1n) is 7.95. The summed E-state index contributed by atoms with van der Waals surface area (Å²) in [6.07, 6.45) is 1.98. The van der Waals surface area contributed by atoms with Crippen LogP contribution in [0.2, 0.25) is 0 Å². The lowest BCUT2D eigenvalue weighted by molar-refractivity contribution is -0.147. The van der Waals surface area contributed by atoms with E-state index in [1.54, 1.807) is 0 Å². The van der Waals surface area contributed by atoms with Crippen LogP contribution >= 0.6 is 23.1 Å². The van der Waals surface area contributed by atoms with Gasteiger partial charge >= 0.3 is 10.3 Å². The number of rotatable bonds is 10. The van der Waals surface area contributed by atoms with Gasteiger partial charge in [-0.05, 0) is 12.2 Å². The molecule has 0 aromatic carbocycles. The summed E-state index contributed by atoms with van der Waals surface area (Å²) in [6.45, 7) is 1.97. The number of carbonyl (C=O) groups is 2. The summed E-state index contributed by atoms with van der Waals surface area (Å²) in [5.74, 6) is -1.12. The molecule has 1 saturated heterocycles. The predicted octanol–water partition coefficient (Wildman–Crippen LogP) is 0.808. The van der Waals surface area contributed by atoms with E-state index in [1.807, 2.05) is 6.92 Å². The number of β-lactam (4-membered cyclic amide) rings is 1.